The number of rotatable bonds is 3. The highest BCUT2D eigenvalue weighted by Crippen LogP contribution is 2.70. The molecule has 0 aromatic carbocycles. The zero-order valence-electron chi connectivity index (χ0n) is 19.7. The Morgan fingerprint density at radius 3 is 2.39 bits per heavy atom. The Morgan fingerprint density at radius 1 is 1.03 bits per heavy atom. The molecule has 5 fully saturated rings. The average Bonchev–Trinajstić information content (AvgIpc) is 3.33. The molecule has 0 aromatic rings. The van der Waals surface area contributed by atoms with Crippen LogP contribution in [0.1, 0.15) is 79.1 Å². The fraction of sp³-hybridized carbons (Fsp3) is 0.923. The maximum absolute atomic E-state index is 11.7. The van der Waals surface area contributed by atoms with E-state index in [1.54, 1.807) is 0 Å². The van der Waals surface area contributed by atoms with Crippen molar-refractivity contribution in [3.8, 4) is 0 Å². The van der Waals surface area contributed by atoms with Crippen LogP contribution >= 0.6 is 0 Å². The lowest BCUT2D eigenvalue weighted by molar-refractivity contribution is -0.298. The molecule has 31 heavy (non-hydrogen) atoms. The predicted octanol–water partition coefficient (Wildman–Crippen LogP) is 4.77. The summed E-state index contributed by atoms with van der Waals surface area (Å²) in [5.74, 6) is 2.11. The number of fused-ring (bicyclic) bond motifs is 6. The molecule has 5 heteroatoms. The van der Waals surface area contributed by atoms with Crippen LogP contribution in [0.25, 0.3) is 0 Å². The summed E-state index contributed by atoms with van der Waals surface area (Å²) in [6.07, 6.45) is 9.87. The minimum Gasteiger partial charge on any atom is -0.463 e. The fourth-order valence-corrected chi connectivity index (χ4v) is 9.41. The third kappa shape index (κ3) is 3.16. The molecule has 0 N–H and O–H groups in total. The second kappa shape index (κ2) is 7.55. The van der Waals surface area contributed by atoms with Gasteiger partial charge >= 0.3 is 5.97 Å². The quantitative estimate of drug-likeness (QED) is 0.475. The molecule has 174 valence electrons. The Hall–Kier alpha value is -0.940. The van der Waals surface area contributed by atoms with Gasteiger partial charge in [0.05, 0.1) is 13.2 Å². The second-order valence-electron chi connectivity index (χ2n) is 11.9. The van der Waals surface area contributed by atoms with Gasteiger partial charge in [-0.15, -0.1) is 0 Å². The Labute approximate surface area is 186 Å². The third-order valence-electron chi connectivity index (χ3n) is 10.7. The Kier molecular flexibility index (Phi) is 5.33. The van der Waals surface area contributed by atoms with E-state index in [2.05, 4.69) is 20.8 Å². The van der Waals surface area contributed by atoms with Crippen LogP contribution < -0.4 is 0 Å². The van der Waals surface area contributed by atoms with E-state index < -0.39 is 5.79 Å². The van der Waals surface area contributed by atoms with Crippen LogP contribution in [0.15, 0.2) is 0 Å². The number of hydrogen-bond donors (Lipinski definition) is 0. The third-order valence-corrected chi connectivity index (χ3v) is 10.7. The van der Waals surface area contributed by atoms with Gasteiger partial charge in [-0.3, -0.25) is 4.79 Å². The van der Waals surface area contributed by atoms with Crippen LogP contribution in [-0.4, -0.2) is 37.4 Å². The molecule has 4 saturated carbocycles. The van der Waals surface area contributed by atoms with Crippen molar-refractivity contribution in [1.82, 2.24) is 0 Å². The van der Waals surface area contributed by atoms with E-state index in [4.69, 9.17) is 14.2 Å². The molecule has 1 spiro atoms. The van der Waals surface area contributed by atoms with Crippen LogP contribution in [-0.2, 0) is 23.8 Å². The number of hydrogen-bond acceptors (Lipinski definition) is 5. The standard InChI is InChI=1S/C26H40O5/c1-16(15-27)20-5-6-21-19-14-26(29-11-12-30-26)23-13-18(31-17(2)28)7-9-25(23,4)22(19)8-10-24(20,21)3/h15-16,18-23H,5-14H2,1-4H3/t16-,18+,19+,20-,21+,22+,23+,24-,25-/m1/s1. The van der Waals surface area contributed by atoms with E-state index in [1.807, 2.05) is 0 Å². The van der Waals surface area contributed by atoms with Gasteiger partial charge < -0.3 is 19.0 Å². The average molecular weight is 433 g/mol. The molecule has 0 unspecified atom stereocenters. The molecule has 1 saturated heterocycles. The lowest BCUT2D eigenvalue weighted by atomic mass is 9.43. The Bertz CT molecular complexity index is 729. The van der Waals surface area contributed by atoms with Crippen LogP contribution in [0.2, 0.25) is 0 Å². The first-order chi connectivity index (χ1) is 14.7. The number of carbonyl (C=O) groups is 2. The van der Waals surface area contributed by atoms with Gasteiger partial charge in [0.15, 0.2) is 5.79 Å². The monoisotopic (exact) mass is 432 g/mol. The first kappa shape index (κ1) is 21.9. The lowest BCUT2D eigenvalue weighted by Crippen LogP contribution is -2.63. The molecule has 4 aliphatic carbocycles. The largest absolute Gasteiger partial charge is 0.463 e. The van der Waals surface area contributed by atoms with Gasteiger partial charge in [-0.1, -0.05) is 20.8 Å². The van der Waals surface area contributed by atoms with E-state index >= 15 is 0 Å². The molecule has 0 amide bonds. The van der Waals surface area contributed by atoms with Gasteiger partial charge in [-0.25, -0.2) is 0 Å². The number of carbonyl (C=O) groups excluding carboxylic acids is 2. The molecule has 0 aromatic heterocycles. The van der Waals surface area contributed by atoms with E-state index in [0.717, 1.165) is 25.7 Å². The van der Waals surface area contributed by atoms with E-state index in [1.165, 1.54) is 38.9 Å². The molecule has 5 aliphatic rings. The van der Waals surface area contributed by atoms with E-state index in [-0.39, 0.29) is 34.7 Å². The van der Waals surface area contributed by atoms with E-state index in [9.17, 15) is 9.59 Å². The van der Waals surface area contributed by atoms with Gasteiger partial charge in [-0.05, 0) is 79.4 Å². The predicted molar refractivity (Wildman–Crippen MR) is 116 cm³/mol. The lowest BCUT2D eigenvalue weighted by Gasteiger charge is -2.65. The first-order valence-electron chi connectivity index (χ1n) is 12.6. The molecule has 1 heterocycles. The highest BCUT2D eigenvalue weighted by Gasteiger charge is 2.68. The number of ether oxygens (including phenoxy) is 3. The summed E-state index contributed by atoms with van der Waals surface area (Å²) in [6, 6.07) is 0. The van der Waals surface area contributed by atoms with Crippen LogP contribution in [0.5, 0.6) is 0 Å². The minimum atomic E-state index is -0.526. The summed E-state index contributed by atoms with van der Waals surface area (Å²) in [5.41, 5.74) is 0.402. The van der Waals surface area contributed by atoms with Gasteiger partial charge in [0.25, 0.3) is 0 Å². The van der Waals surface area contributed by atoms with Crippen molar-refractivity contribution >= 4 is 12.3 Å². The normalized spacial score (nSPS) is 49.0. The highest BCUT2D eigenvalue weighted by atomic mass is 16.7. The summed E-state index contributed by atoms with van der Waals surface area (Å²) in [4.78, 5) is 23.3. The molecule has 9 atom stereocenters. The number of aldehydes is 1. The molecular formula is C26H40O5. The number of esters is 1. The van der Waals surface area contributed by atoms with Crippen LogP contribution in [0.3, 0.4) is 0 Å². The molecule has 1 aliphatic heterocycles. The topological polar surface area (TPSA) is 61.8 Å². The van der Waals surface area contributed by atoms with Gasteiger partial charge in [0.2, 0.25) is 0 Å². The van der Waals surface area contributed by atoms with Crippen molar-refractivity contribution in [2.75, 3.05) is 13.2 Å². The minimum absolute atomic E-state index is 0.0186. The first-order valence-corrected chi connectivity index (χ1v) is 12.6. The van der Waals surface area contributed by atoms with Gasteiger partial charge in [0.1, 0.15) is 12.4 Å². The maximum Gasteiger partial charge on any atom is 0.302 e. The van der Waals surface area contributed by atoms with Crippen molar-refractivity contribution in [3.63, 3.8) is 0 Å². The zero-order chi connectivity index (χ0) is 22.0. The van der Waals surface area contributed by atoms with Crippen LogP contribution in [0, 0.1) is 46.3 Å². The van der Waals surface area contributed by atoms with Crippen LogP contribution in [0.4, 0.5) is 0 Å². The van der Waals surface area contributed by atoms with Crippen molar-refractivity contribution in [2.45, 2.75) is 91.0 Å². The van der Waals surface area contributed by atoms with Gasteiger partial charge in [-0.2, -0.15) is 0 Å². The van der Waals surface area contributed by atoms with Crippen molar-refractivity contribution < 1.29 is 23.8 Å². The summed E-state index contributed by atoms with van der Waals surface area (Å²) in [6.45, 7) is 9.91. The molecular weight excluding hydrogens is 392 g/mol. The molecule has 5 rings (SSSR count). The summed E-state index contributed by atoms with van der Waals surface area (Å²) in [7, 11) is 0. The summed E-state index contributed by atoms with van der Waals surface area (Å²) < 4.78 is 18.6. The SMILES string of the molecule is CC(=O)O[C@H]1CC[C@@]2(C)[C@H](C1)C1(C[C@@H]3[C@@H]2CC[C@]2(C)[C@@H]([C@H](C)C=O)CC[C@@H]32)OCCO1. The molecule has 5 nitrogen and oxygen atoms in total. The Morgan fingerprint density at radius 2 is 1.71 bits per heavy atom. The highest BCUT2D eigenvalue weighted by molar-refractivity contribution is 5.66. The fourth-order valence-electron chi connectivity index (χ4n) is 9.41. The Balaban J connectivity index is 1.48. The summed E-state index contributed by atoms with van der Waals surface area (Å²) in [5, 5.41) is 0. The molecule has 0 bridgehead atoms. The van der Waals surface area contributed by atoms with Gasteiger partial charge in [0, 0.05) is 25.2 Å². The smallest absolute Gasteiger partial charge is 0.302 e. The van der Waals surface area contributed by atoms with Crippen molar-refractivity contribution in [2.24, 2.45) is 46.3 Å². The van der Waals surface area contributed by atoms with Crippen molar-refractivity contribution in [1.29, 1.82) is 0 Å². The van der Waals surface area contributed by atoms with Crippen molar-refractivity contribution in [3.05, 3.63) is 0 Å². The maximum atomic E-state index is 11.7. The van der Waals surface area contributed by atoms with E-state index in [0.29, 0.717) is 36.9 Å². The summed E-state index contributed by atoms with van der Waals surface area (Å²) >= 11 is 0. The molecule has 0 radical (unpaired) electrons. The zero-order valence-corrected chi connectivity index (χ0v) is 19.7. The second-order valence-corrected chi connectivity index (χ2v) is 11.9.